The highest BCUT2D eigenvalue weighted by Crippen LogP contribution is 2.28. The number of anilines is 1. The van der Waals surface area contributed by atoms with Crippen molar-refractivity contribution in [2.24, 2.45) is 5.73 Å². The zero-order chi connectivity index (χ0) is 12.4. The van der Waals surface area contributed by atoms with Gasteiger partial charge in [0, 0.05) is 31.9 Å². The molecule has 1 aliphatic rings. The van der Waals surface area contributed by atoms with Crippen molar-refractivity contribution in [3.63, 3.8) is 0 Å². The Morgan fingerprint density at radius 3 is 2.53 bits per heavy atom. The fourth-order valence-electron chi connectivity index (χ4n) is 2.07. The van der Waals surface area contributed by atoms with Crippen molar-refractivity contribution >= 4 is 34.5 Å². The summed E-state index contributed by atoms with van der Waals surface area (Å²) in [6, 6.07) is 5.80. The molecule has 17 heavy (non-hydrogen) atoms. The molecule has 5 heteroatoms. The van der Waals surface area contributed by atoms with Gasteiger partial charge in [-0.1, -0.05) is 29.9 Å². The summed E-state index contributed by atoms with van der Waals surface area (Å²) in [4.78, 5) is 4.96. The SMILES string of the molecule is CN1CCN(c2cccc(Cl)c2C(N)=S)CC1. The lowest BCUT2D eigenvalue weighted by Gasteiger charge is -2.35. The molecule has 0 radical (unpaired) electrons. The summed E-state index contributed by atoms with van der Waals surface area (Å²) in [5, 5.41) is 0.633. The molecule has 1 heterocycles. The van der Waals surface area contributed by atoms with Crippen molar-refractivity contribution in [1.82, 2.24) is 4.90 Å². The number of halogens is 1. The first-order valence-electron chi connectivity index (χ1n) is 5.61. The molecular formula is C12H16ClN3S. The molecule has 0 bridgehead atoms. The van der Waals surface area contributed by atoms with Gasteiger partial charge in [0.2, 0.25) is 0 Å². The second-order valence-electron chi connectivity index (χ2n) is 4.29. The summed E-state index contributed by atoms with van der Waals surface area (Å²) in [5.74, 6) is 0. The molecule has 0 aromatic heterocycles. The van der Waals surface area contributed by atoms with Crippen LogP contribution in [0.4, 0.5) is 5.69 Å². The minimum absolute atomic E-state index is 0.365. The number of nitrogens with zero attached hydrogens (tertiary/aromatic N) is 2. The monoisotopic (exact) mass is 269 g/mol. The Labute approximate surface area is 112 Å². The Hall–Kier alpha value is -0.840. The van der Waals surface area contributed by atoms with E-state index >= 15 is 0 Å². The van der Waals surface area contributed by atoms with Crippen LogP contribution in [0.15, 0.2) is 18.2 Å². The van der Waals surface area contributed by atoms with Crippen LogP contribution in [-0.2, 0) is 0 Å². The highest BCUT2D eigenvalue weighted by Gasteiger charge is 2.19. The molecule has 0 atom stereocenters. The van der Waals surface area contributed by atoms with Crippen LogP contribution in [0, 0.1) is 0 Å². The molecule has 1 fully saturated rings. The first kappa shape index (κ1) is 12.6. The molecule has 0 aliphatic carbocycles. The molecular weight excluding hydrogens is 254 g/mol. The van der Waals surface area contributed by atoms with E-state index in [9.17, 15) is 0 Å². The zero-order valence-corrected chi connectivity index (χ0v) is 11.4. The fourth-order valence-corrected chi connectivity index (χ4v) is 2.61. The predicted molar refractivity (Wildman–Crippen MR) is 77.0 cm³/mol. The van der Waals surface area contributed by atoms with Crippen molar-refractivity contribution < 1.29 is 0 Å². The number of nitrogens with two attached hydrogens (primary N) is 1. The Morgan fingerprint density at radius 2 is 1.94 bits per heavy atom. The topological polar surface area (TPSA) is 32.5 Å². The normalized spacial score (nSPS) is 17.2. The van der Waals surface area contributed by atoms with Gasteiger partial charge in [-0.2, -0.15) is 0 Å². The number of hydrogen-bond donors (Lipinski definition) is 1. The van der Waals surface area contributed by atoms with Crippen LogP contribution in [0.3, 0.4) is 0 Å². The first-order valence-corrected chi connectivity index (χ1v) is 6.40. The van der Waals surface area contributed by atoms with Gasteiger partial charge in [-0.3, -0.25) is 0 Å². The summed E-state index contributed by atoms with van der Waals surface area (Å²) in [5.41, 5.74) is 7.61. The molecule has 1 aromatic carbocycles. The summed E-state index contributed by atoms with van der Waals surface area (Å²) >= 11 is 11.3. The molecule has 0 unspecified atom stereocenters. The molecule has 3 nitrogen and oxygen atoms in total. The van der Waals surface area contributed by atoms with Gasteiger partial charge in [-0.15, -0.1) is 0 Å². The van der Waals surface area contributed by atoms with Crippen molar-refractivity contribution in [2.45, 2.75) is 0 Å². The van der Waals surface area contributed by atoms with E-state index < -0.39 is 0 Å². The van der Waals surface area contributed by atoms with Gasteiger partial charge in [-0.05, 0) is 19.2 Å². The number of piperazine rings is 1. The lowest BCUT2D eigenvalue weighted by Crippen LogP contribution is -2.45. The van der Waals surface area contributed by atoms with Gasteiger partial charge in [0.05, 0.1) is 10.6 Å². The average Bonchev–Trinajstić information content (AvgIpc) is 2.29. The van der Waals surface area contributed by atoms with Gasteiger partial charge < -0.3 is 15.5 Å². The predicted octanol–water partition coefficient (Wildman–Crippen LogP) is 1.73. The van der Waals surface area contributed by atoms with E-state index in [1.165, 1.54) is 0 Å². The summed E-state index contributed by atoms with van der Waals surface area (Å²) in [6.07, 6.45) is 0. The van der Waals surface area contributed by atoms with Crippen molar-refractivity contribution in [3.8, 4) is 0 Å². The first-order chi connectivity index (χ1) is 8.09. The minimum atomic E-state index is 0.365. The second kappa shape index (κ2) is 5.21. The third-order valence-corrected chi connectivity index (χ3v) is 3.60. The molecule has 1 aromatic rings. The highest BCUT2D eigenvalue weighted by atomic mass is 35.5. The summed E-state index contributed by atoms with van der Waals surface area (Å²) in [7, 11) is 2.13. The number of hydrogen-bond acceptors (Lipinski definition) is 3. The zero-order valence-electron chi connectivity index (χ0n) is 9.82. The number of likely N-dealkylation sites (N-methyl/N-ethyl adjacent to an activating group) is 1. The van der Waals surface area contributed by atoms with E-state index in [4.69, 9.17) is 29.6 Å². The number of rotatable bonds is 2. The maximum absolute atomic E-state index is 6.17. The van der Waals surface area contributed by atoms with Gasteiger partial charge >= 0.3 is 0 Å². The van der Waals surface area contributed by atoms with Crippen LogP contribution in [0.25, 0.3) is 0 Å². The summed E-state index contributed by atoms with van der Waals surface area (Å²) in [6.45, 7) is 4.05. The Bertz CT molecular complexity index is 428. The molecule has 92 valence electrons. The van der Waals surface area contributed by atoms with E-state index in [0.717, 1.165) is 37.4 Å². The van der Waals surface area contributed by atoms with Gasteiger partial charge in [0.15, 0.2) is 0 Å². The molecule has 2 N–H and O–H groups in total. The van der Waals surface area contributed by atoms with Crippen LogP contribution < -0.4 is 10.6 Å². The maximum atomic E-state index is 6.17. The van der Waals surface area contributed by atoms with E-state index in [1.807, 2.05) is 18.2 Å². The van der Waals surface area contributed by atoms with Gasteiger partial charge in [0.1, 0.15) is 4.99 Å². The quantitative estimate of drug-likeness (QED) is 0.829. The summed E-state index contributed by atoms with van der Waals surface area (Å²) < 4.78 is 0. The molecule has 1 aliphatic heterocycles. The molecule has 0 saturated carbocycles. The van der Waals surface area contributed by atoms with Crippen molar-refractivity contribution in [2.75, 3.05) is 38.1 Å². The van der Waals surface area contributed by atoms with Crippen LogP contribution in [0.1, 0.15) is 5.56 Å². The largest absolute Gasteiger partial charge is 0.389 e. The lowest BCUT2D eigenvalue weighted by atomic mass is 10.1. The van der Waals surface area contributed by atoms with E-state index in [0.29, 0.717) is 10.0 Å². The van der Waals surface area contributed by atoms with Crippen molar-refractivity contribution in [1.29, 1.82) is 0 Å². The Morgan fingerprint density at radius 1 is 1.29 bits per heavy atom. The third-order valence-electron chi connectivity index (χ3n) is 3.08. The molecule has 1 saturated heterocycles. The maximum Gasteiger partial charge on any atom is 0.107 e. The average molecular weight is 270 g/mol. The van der Waals surface area contributed by atoms with Crippen LogP contribution in [0.5, 0.6) is 0 Å². The second-order valence-corrected chi connectivity index (χ2v) is 5.14. The standard InChI is InChI=1S/C12H16ClN3S/c1-15-5-7-16(8-6-15)10-4-2-3-9(13)11(10)12(14)17/h2-4H,5-8H2,1H3,(H2,14,17). The third kappa shape index (κ3) is 2.70. The van der Waals surface area contributed by atoms with Crippen LogP contribution >= 0.6 is 23.8 Å². The molecule has 0 spiro atoms. The number of thiocarbonyl (C=S) groups is 1. The van der Waals surface area contributed by atoms with Crippen LogP contribution in [-0.4, -0.2) is 43.1 Å². The van der Waals surface area contributed by atoms with E-state index in [-0.39, 0.29) is 0 Å². The van der Waals surface area contributed by atoms with E-state index in [2.05, 4.69) is 16.8 Å². The smallest absolute Gasteiger partial charge is 0.107 e. The Balaban J connectivity index is 2.32. The minimum Gasteiger partial charge on any atom is -0.389 e. The van der Waals surface area contributed by atoms with Crippen molar-refractivity contribution in [3.05, 3.63) is 28.8 Å². The fraction of sp³-hybridized carbons (Fsp3) is 0.417. The molecule has 2 rings (SSSR count). The highest BCUT2D eigenvalue weighted by molar-refractivity contribution is 7.80. The van der Waals surface area contributed by atoms with Crippen LogP contribution in [0.2, 0.25) is 5.02 Å². The number of benzene rings is 1. The van der Waals surface area contributed by atoms with Gasteiger partial charge in [-0.25, -0.2) is 0 Å². The Kier molecular flexibility index (Phi) is 3.86. The van der Waals surface area contributed by atoms with Gasteiger partial charge in [0.25, 0.3) is 0 Å². The molecule has 0 amide bonds. The lowest BCUT2D eigenvalue weighted by molar-refractivity contribution is 0.313. The van der Waals surface area contributed by atoms with E-state index in [1.54, 1.807) is 0 Å².